The molecule has 0 aliphatic rings. The molecular weight excluding hydrogens is 296 g/mol. The number of carboxylic acids is 1. The third-order valence-corrected chi connectivity index (χ3v) is 3.46. The second kappa shape index (κ2) is 15.0. The third kappa shape index (κ3) is 15.9. The van der Waals surface area contributed by atoms with E-state index < -0.39 is 5.97 Å². The van der Waals surface area contributed by atoms with E-state index in [1.165, 1.54) is 51.4 Å². The summed E-state index contributed by atoms with van der Waals surface area (Å²) in [6.45, 7) is 0.424. The first kappa shape index (κ1) is 17.9. The van der Waals surface area contributed by atoms with Gasteiger partial charge in [-0.2, -0.15) is 0 Å². The summed E-state index contributed by atoms with van der Waals surface area (Å²) >= 11 is 3.44. The van der Waals surface area contributed by atoms with Gasteiger partial charge in [0.15, 0.2) is 0 Å². The fraction of sp³-hybridized carbons (Fsp3) is 0.929. The molecule has 0 radical (unpaired) electrons. The number of carboxylic acid groups (broad SMARTS) is 1. The van der Waals surface area contributed by atoms with E-state index in [-0.39, 0.29) is 6.61 Å². The molecule has 0 heterocycles. The Labute approximate surface area is 119 Å². The highest BCUT2D eigenvalue weighted by Gasteiger charge is 1.96. The van der Waals surface area contributed by atoms with Gasteiger partial charge in [-0.25, -0.2) is 4.79 Å². The first-order chi connectivity index (χ1) is 8.77. The predicted molar refractivity (Wildman–Crippen MR) is 78.4 cm³/mol. The Balaban J connectivity index is 2.92. The minimum absolute atomic E-state index is 0.158. The van der Waals surface area contributed by atoms with Crippen molar-refractivity contribution in [3.05, 3.63) is 0 Å². The third-order valence-electron chi connectivity index (χ3n) is 2.90. The van der Waals surface area contributed by atoms with E-state index in [4.69, 9.17) is 9.84 Å². The van der Waals surface area contributed by atoms with Crippen molar-refractivity contribution in [1.29, 1.82) is 0 Å². The minimum atomic E-state index is -0.880. The first-order valence-corrected chi connectivity index (χ1v) is 8.25. The van der Waals surface area contributed by atoms with Crippen LogP contribution in [0.25, 0.3) is 0 Å². The van der Waals surface area contributed by atoms with E-state index in [1.54, 1.807) is 0 Å². The standard InChI is InChI=1S/C14H27BrO3/c15-11-9-7-5-3-1-2-4-6-8-10-12-18-13-14(16)17/h1-13H2,(H,16,17). The zero-order chi connectivity index (χ0) is 13.5. The van der Waals surface area contributed by atoms with Crippen molar-refractivity contribution in [1.82, 2.24) is 0 Å². The average Bonchev–Trinajstić information content (AvgIpc) is 2.34. The second-order valence-electron chi connectivity index (χ2n) is 4.67. The maximum Gasteiger partial charge on any atom is 0.329 e. The summed E-state index contributed by atoms with van der Waals surface area (Å²) in [5.41, 5.74) is 0. The van der Waals surface area contributed by atoms with Crippen LogP contribution in [-0.2, 0) is 9.53 Å². The van der Waals surface area contributed by atoms with Gasteiger partial charge >= 0.3 is 5.97 Å². The topological polar surface area (TPSA) is 46.5 Å². The van der Waals surface area contributed by atoms with Gasteiger partial charge in [0.25, 0.3) is 0 Å². The number of rotatable bonds is 14. The molecular formula is C14H27BrO3. The zero-order valence-corrected chi connectivity index (χ0v) is 12.9. The molecule has 0 amide bonds. The second-order valence-corrected chi connectivity index (χ2v) is 5.46. The van der Waals surface area contributed by atoms with E-state index >= 15 is 0 Å². The molecule has 0 aliphatic carbocycles. The van der Waals surface area contributed by atoms with E-state index in [9.17, 15) is 4.79 Å². The number of hydrogen-bond acceptors (Lipinski definition) is 2. The molecule has 4 heteroatoms. The van der Waals surface area contributed by atoms with Crippen LogP contribution < -0.4 is 0 Å². The number of alkyl halides is 1. The molecule has 0 spiro atoms. The Morgan fingerprint density at radius 3 is 1.72 bits per heavy atom. The molecule has 0 saturated carbocycles. The average molecular weight is 323 g/mol. The lowest BCUT2D eigenvalue weighted by Crippen LogP contribution is -2.07. The van der Waals surface area contributed by atoms with E-state index in [0.717, 1.165) is 18.2 Å². The zero-order valence-electron chi connectivity index (χ0n) is 11.3. The van der Waals surface area contributed by atoms with Gasteiger partial charge in [-0.3, -0.25) is 0 Å². The number of hydrogen-bond donors (Lipinski definition) is 1. The first-order valence-electron chi connectivity index (χ1n) is 7.13. The number of ether oxygens (including phenoxy) is 1. The molecule has 0 saturated heterocycles. The van der Waals surface area contributed by atoms with Crippen LogP contribution >= 0.6 is 15.9 Å². The molecule has 108 valence electrons. The van der Waals surface area contributed by atoms with Crippen molar-refractivity contribution >= 4 is 21.9 Å². The normalized spacial score (nSPS) is 10.7. The molecule has 0 rings (SSSR count). The fourth-order valence-corrected chi connectivity index (χ4v) is 2.27. The summed E-state index contributed by atoms with van der Waals surface area (Å²) in [5.74, 6) is -0.880. The highest BCUT2D eigenvalue weighted by Crippen LogP contribution is 2.10. The van der Waals surface area contributed by atoms with Gasteiger partial charge in [0.1, 0.15) is 6.61 Å². The van der Waals surface area contributed by atoms with Gasteiger partial charge < -0.3 is 9.84 Å². The Morgan fingerprint density at radius 2 is 1.28 bits per heavy atom. The summed E-state index contributed by atoms with van der Waals surface area (Å²) < 4.78 is 4.97. The summed E-state index contributed by atoms with van der Waals surface area (Å²) in [5, 5.41) is 9.50. The highest BCUT2D eigenvalue weighted by atomic mass is 79.9. The van der Waals surface area contributed by atoms with E-state index in [0.29, 0.717) is 6.61 Å². The molecule has 0 atom stereocenters. The van der Waals surface area contributed by atoms with Gasteiger partial charge in [0.05, 0.1) is 0 Å². The number of aliphatic carboxylic acids is 1. The Hall–Kier alpha value is -0.0900. The molecule has 0 fully saturated rings. The maximum absolute atomic E-state index is 10.2. The fourth-order valence-electron chi connectivity index (χ4n) is 1.87. The lowest BCUT2D eigenvalue weighted by atomic mass is 10.1. The van der Waals surface area contributed by atoms with E-state index in [2.05, 4.69) is 15.9 Å². The van der Waals surface area contributed by atoms with Gasteiger partial charge in [0, 0.05) is 11.9 Å². The molecule has 0 aromatic carbocycles. The van der Waals surface area contributed by atoms with Gasteiger partial charge in [0.2, 0.25) is 0 Å². The smallest absolute Gasteiger partial charge is 0.329 e. The lowest BCUT2D eigenvalue weighted by molar-refractivity contribution is -0.142. The van der Waals surface area contributed by atoms with Crippen LogP contribution in [0.5, 0.6) is 0 Å². The summed E-state index contributed by atoms with van der Waals surface area (Å²) in [6.07, 6.45) is 12.8. The summed E-state index contributed by atoms with van der Waals surface area (Å²) in [6, 6.07) is 0. The predicted octanol–water partition coefficient (Wildman–Crippen LogP) is 4.38. The van der Waals surface area contributed by atoms with Gasteiger partial charge in [-0.05, 0) is 12.8 Å². The monoisotopic (exact) mass is 322 g/mol. The molecule has 3 nitrogen and oxygen atoms in total. The SMILES string of the molecule is O=C(O)COCCCCCCCCCCCCBr. The molecule has 0 bridgehead atoms. The van der Waals surface area contributed by atoms with Crippen LogP contribution in [0, 0.1) is 0 Å². The van der Waals surface area contributed by atoms with Crippen molar-refractivity contribution in [3.63, 3.8) is 0 Å². The Morgan fingerprint density at radius 1 is 0.833 bits per heavy atom. The summed E-state index contributed by atoms with van der Waals surface area (Å²) in [4.78, 5) is 10.2. The van der Waals surface area contributed by atoms with Crippen LogP contribution in [0.3, 0.4) is 0 Å². The Kier molecular flexibility index (Phi) is 14.9. The lowest BCUT2D eigenvalue weighted by Gasteiger charge is -2.03. The molecule has 1 N–H and O–H groups in total. The maximum atomic E-state index is 10.2. The van der Waals surface area contributed by atoms with Gasteiger partial charge in [-0.15, -0.1) is 0 Å². The van der Waals surface area contributed by atoms with Crippen LogP contribution in [0.15, 0.2) is 0 Å². The molecule has 18 heavy (non-hydrogen) atoms. The molecule has 0 aromatic rings. The van der Waals surface area contributed by atoms with Crippen molar-refractivity contribution in [2.45, 2.75) is 64.2 Å². The number of unbranched alkanes of at least 4 members (excludes halogenated alkanes) is 9. The quantitative estimate of drug-likeness (QED) is 0.381. The van der Waals surface area contributed by atoms with Crippen LogP contribution in [0.1, 0.15) is 64.2 Å². The highest BCUT2D eigenvalue weighted by molar-refractivity contribution is 9.09. The van der Waals surface area contributed by atoms with Crippen LogP contribution in [0.2, 0.25) is 0 Å². The summed E-state index contributed by atoms with van der Waals surface area (Å²) in [7, 11) is 0. The van der Waals surface area contributed by atoms with Crippen molar-refractivity contribution in [3.8, 4) is 0 Å². The van der Waals surface area contributed by atoms with E-state index in [1.807, 2.05) is 0 Å². The number of carbonyl (C=O) groups is 1. The van der Waals surface area contributed by atoms with Crippen molar-refractivity contribution < 1.29 is 14.6 Å². The molecule has 0 aromatic heterocycles. The van der Waals surface area contributed by atoms with Gasteiger partial charge in [-0.1, -0.05) is 67.3 Å². The van der Waals surface area contributed by atoms with Crippen molar-refractivity contribution in [2.75, 3.05) is 18.5 Å². The van der Waals surface area contributed by atoms with Crippen LogP contribution in [0.4, 0.5) is 0 Å². The largest absolute Gasteiger partial charge is 0.480 e. The van der Waals surface area contributed by atoms with Crippen molar-refractivity contribution in [2.24, 2.45) is 0 Å². The Bertz CT molecular complexity index is 186. The number of halogens is 1. The van der Waals surface area contributed by atoms with Crippen LogP contribution in [-0.4, -0.2) is 29.6 Å². The minimum Gasteiger partial charge on any atom is -0.480 e. The molecule has 0 aliphatic heterocycles. The molecule has 0 unspecified atom stereocenters.